The number of hydrazine groups is 1. The van der Waals surface area contributed by atoms with Crippen molar-refractivity contribution in [3.63, 3.8) is 0 Å². The molecule has 2 aromatic rings. The summed E-state index contributed by atoms with van der Waals surface area (Å²) in [6, 6.07) is 5.06. The molecule has 7 heteroatoms. The minimum Gasteiger partial charge on any atom is -0.271 e. The highest BCUT2D eigenvalue weighted by atomic mass is 79.9. The number of thiophene rings is 1. The summed E-state index contributed by atoms with van der Waals surface area (Å²) in [5, 5.41) is 3.83. The van der Waals surface area contributed by atoms with E-state index in [2.05, 4.69) is 21.4 Å². The van der Waals surface area contributed by atoms with Crippen molar-refractivity contribution < 1.29 is 13.2 Å². The van der Waals surface area contributed by atoms with Gasteiger partial charge in [-0.1, -0.05) is 18.2 Å². The molecule has 2 nitrogen and oxygen atoms in total. The predicted octanol–water partition coefficient (Wildman–Crippen LogP) is 4.28. The van der Waals surface area contributed by atoms with Crippen LogP contribution >= 0.6 is 27.3 Å². The Kier molecular flexibility index (Phi) is 4.85. The van der Waals surface area contributed by atoms with Crippen LogP contribution in [0.25, 0.3) is 0 Å². The van der Waals surface area contributed by atoms with Gasteiger partial charge in [0.15, 0.2) is 0 Å². The molecule has 0 saturated carbocycles. The Hall–Kier alpha value is -0.890. The third-order valence-corrected chi connectivity index (χ3v) is 4.66. The average Bonchev–Trinajstić information content (AvgIpc) is 2.81. The number of rotatable bonds is 4. The van der Waals surface area contributed by atoms with Gasteiger partial charge >= 0.3 is 6.18 Å². The highest BCUT2D eigenvalue weighted by Crippen LogP contribution is 2.32. The molecule has 0 bridgehead atoms. The summed E-state index contributed by atoms with van der Waals surface area (Å²) < 4.78 is 38.9. The van der Waals surface area contributed by atoms with Gasteiger partial charge in [0.05, 0.1) is 11.6 Å². The van der Waals surface area contributed by atoms with Crippen LogP contribution in [0.1, 0.15) is 22.7 Å². The molecule has 1 aromatic carbocycles. The van der Waals surface area contributed by atoms with Gasteiger partial charge in [0.2, 0.25) is 0 Å². The van der Waals surface area contributed by atoms with Crippen LogP contribution < -0.4 is 11.3 Å². The van der Waals surface area contributed by atoms with Crippen LogP contribution in [0.15, 0.2) is 39.5 Å². The molecular weight excluding hydrogens is 353 g/mol. The first-order valence-corrected chi connectivity index (χ1v) is 7.49. The first kappa shape index (κ1) is 15.5. The van der Waals surface area contributed by atoms with E-state index in [0.717, 1.165) is 22.2 Å². The number of hydrogen-bond acceptors (Lipinski definition) is 3. The van der Waals surface area contributed by atoms with Gasteiger partial charge in [-0.3, -0.25) is 11.3 Å². The fourth-order valence-electron chi connectivity index (χ4n) is 1.91. The Morgan fingerprint density at radius 1 is 1.30 bits per heavy atom. The van der Waals surface area contributed by atoms with Crippen molar-refractivity contribution in [1.82, 2.24) is 5.43 Å². The maximum Gasteiger partial charge on any atom is 0.416 e. The Morgan fingerprint density at radius 2 is 2.05 bits per heavy atom. The normalized spacial score (nSPS) is 13.4. The zero-order valence-electron chi connectivity index (χ0n) is 10.2. The van der Waals surface area contributed by atoms with E-state index in [4.69, 9.17) is 5.84 Å². The summed E-state index contributed by atoms with van der Waals surface area (Å²) in [6.45, 7) is 0. The third kappa shape index (κ3) is 3.60. The molecule has 1 aromatic heterocycles. The van der Waals surface area contributed by atoms with E-state index in [-0.39, 0.29) is 6.04 Å². The first-order chi connectivity index (χ1) is 9.41. The van der Waals surface area contributed by atoms with Crippen LogP contribution in [-0.4, -0.2) is 0 Å². The van der Waals surface area contributed by atoms with Gasteiger partial charge in [0, 0.05) is 9.85 Å². The monoisotopic (exact) mass is 364 g/mol. The van der Waals surface area contributed by atoms with Crippen molar-refractivity contribution >= 4 is 27.3 Å². The molecule has 0 radical (unpaired) electrons. The molecule has 1 heterocycles. The zero-order valence-corrected chi connectivity index (χ0v) is 12.6. The predicted molar refractivity (Wildman–Crippen MR) is 77.2 cm³/mol. The molecule has 20 heavy (non-hydrogen) atoms. The molecule has 1 atom stereocenters. The largest absolute Gasteiger partial charge is 0.416 e. The van der Waals surface area contributed by atoms with Crippen LogP contribution in [-0.2, 0) is 12.6 Å². The molecule has 0 aliphatic carbocycles. The number of benzene rings is 1. The third-order valence-electron chi connectivity index (χ3n) is 2.91. The molecule has 0 amide bonds. The van der Waals surface area contributed by atoms with Crippen molar-refractivity contribution in [2.75, 3.05) is 0 Å². The smallest absolute Gasteiger partial charge is 0.271 e. The van der Waals surface area contributed by atoms with Gasteiger partial charge in [-0.2, -0.15) is 24.5 Å². The molecule has 1 unspecified atom stereocenters. The van der Waals surface area contributed by atoms with Crippen molar-refractivity contribution in [3.8, 4) is 0 Å². The highest BCUT2D eigenvalue weighted by molar-refractivity contribution is 9.10. The quantitative estimate of drug-likeness (QED) is 0.627. The Morgan fingerprint density at radius 3 is 2.60 bits per heavy atom. The van der Waals surface area contributed by atoms with Crippen LogP contribution in [0, 0.1) is 0 Å². The van der Waals surface area contributed by atoms with E-state index in [1.54, 1.807) is 6.07 Å². The van der Waals surface area contributed by atoms with E-state index in [0.29, 0.717) is 12.0 Å². The van der Waals surface area contributed by atoms with E-state index >= 15 is 0 Å². The second-order valence-corrected chi connectivity index (χ2v) is 5.89. The molecule has 0 aliphatic heterocycles. The van der Waals surface area contributed by atoms with Crippen molar-refractivity contribution in [1.29, 1.82) is 0 Å². The average molecular weight is 365 g/mol. The summed E-state index contributed by atoms with van der Waals surface area (Å²) in [5.41, 5.74) is 3.53. The second-order valence-electron chi connectivity index (χ2n) is 4.30. The molecule has 0 aliphatic rings. The summed E-state index contributed by atoms with van der Waals surface area (Å²) in [4.78, 5) is 0. The minimum absolute atomic E-state index is 0.237. The van der Waals surface area contributed by atoms with E-state index in [9.17, 15) is 13.2 Å². The maximum absolute atomic E-state index is 12.7. The second kappa shape index (κ2) is 6.26. The summed E-state index contributed by atoms with van der Waals surface area (Å²) in [7, 11) is 0. The molecule has 3 N–H and O–H groups in total. The summed E-state index contributed by atoms with van der Waals surface area (Å²) in [6.07, 6.45) is -3.94. The Balaban J connectivity index is 2.23. The van der Waals surface area contributed by atoms with E-state index < -0.39 is 11.7 Å². The SMILES string of the molecule is NNC(Cc1cccc(C(F)(F)F)c1)c1cscc1Br. The van der Waals surface area contributed by atoms with Gasteiger partial charge in [0.25, 0.3) is 0 Å². The minimum atomic E-state index is -4.33. The first-order valence-electron chi connectivity index (χ1n) is 5.75. The van der Waals surface area contributed by atoms with Gasteiger partial charge in [-0.25, -0.2) is 0 Å². The van der Waals surface area contributed by atoms with Gasteiger partial charge in [-0.15, -0.1) is 0 Å². The number of hydrogen-bond donors (Lipinski definition) is 2. The van der Waals surface area contributed by atoms with Crippen LogP contribution in [0.3, 0.4) is 0 Å². The lowest BCUT2D eigenvalue weighted by atomic mass is 10.00. The number of halogens is 4. The topological polar surface area (TPSA) is 38.0 Å². The van der Waals surface area contributed by atoms with Gasteiger partial charge in [-0.05, 0) is 44.9 Å². The molecule has 0 spiro atoms. The molecule has 2 rings (SSSR count). The zero-order chi connectivity index (χ0) is 14.8. The van der Waals surface area contributed by atoms with Crippen LogP contribution in [0.5, 0.6) is 0 Å². The summed E-state index contributed by atoms with van der Waals surface area (Å²) >= 11 is 4.91. The fraction of sp³-hybridized carbons (Fsp3) is 0.231. The highest BCUT2D eigenvalue weighted by Gasteiger charge is 2.30. The lowest BCUT2D eigenvalue weighted by Crippen LogP contribution is -2.29. The molecular formula is C13H12BrF3N2S. The van der Waals surface area contributed by atoms with Crippen molar-refractivity contribution in [3.05, 3.63) is 56.2 Å². The van der Waals surface area contributed by atoms with E-state index in [1.165, 1.54) is 17.4 Å². The number of nitrogens with one attached hydrogen (secondary N) is 1. The molecule has 108 valence electrons. The number of nitrogens with two attached hydrogens (primary N) is 1. The fourth-order valence-corrected chi connectivity index (χ4v) is 3.54. The lowest BCUT2D eigenvalue weighted by Gasteiger charge is -2.16. The van der Waals surface area contributed by atoms with Crippen LogP contribution in [0.4, 0.5) is 13.2 Å². The standard InChI is InChI=1S/C13H12BrF3N2S/c14-11-7-20-6-10(11)12(19-18)5-8-2-1-3-9(4-8)13(15,16)17/h1-4,6-7,12,19H,5,18H2. The number of alkyl halides is 3. The van der Waals surface area contributed by atoms with Crippen molar-refractivity contribution in [2.45, 2.75) is 18.6 Å². The lowest BCUT2D eigenvalue weighted by molar-refractivity contribution is -0.137. The summed E-state index contributed by atoms with van der Waals surface area (Å²) in [5.74, 6) is 5.52. The van der Waals surface area contributed by atoms with E-state index in [1.807, 2.05) is 10.8 Å². The Bertz CT molecular complexity index is 583. The van der Waals surface area contributed by atoms with Crippen LogP contribution in [0.2, 0.25) is 0 Å². The Labute approximate surface area is 126 Å². The van der Waals surface area contributed by atoms with Gasteiger partial charge in [0.1, 0.15) is 0 Å². The molecule has 0 saturated heterocycles. The maximum atomic E-state index is 12.7. The molecule has 0 fully saturated rings. The van der Waals surface area contributed by atoms with Crippen molar-refractivity contribution in [2.24, 2.45) is 5.84 Å². The van der Waals surface area contributed by atoms with Gasteiger partial charge < -0.3 is 0 Å².